The lowest BCUT2D eigenvalue weighted by Gasteiger charge is -2.35. The van der Waals surface area contributed by atoms with E-state index in [4.69, 9.17) is 5.11 Å². The number of rotatable bonds is 4. The SMILES string of the molecule is CCCC(=O)N1CCN(c2ccc(C(=O)O)cn2)CC1. The zero-order valence-electron chi connectivity index (χ0n) is 11.6. The number of carbonyl (C=O) groups is 2. The summed E-state index contributed by atoms with van der Waals surface area (Å²) in [6, 6.07) is 3.27. The van der Waals surface area contributed by atoms with Crippen LogP contribution in [0.25, 0.3) is 0 Å². The van der Waals surface area contributed by atoms with E-state index in [0.29, 0.717) is 19.5 Å². The van der Waals surface area contributed by atoms with Crippen molar-refractivity contribution in [2.24, 2.45) is 0 Å². The van der Waals surface area contributed by atoms with Crippen LogP contribution in [0.15, 0.2) is 18.3 Å². The summed E-state index contributed by atoms with van der Waals surface area (Å²) in [5.41, 5.74) is 0.186. The number of piperazine rings is 1. The van der Waals surface area contributed by atoms with Crippen molar-refractivity contribution < 1.29 is 14.7 Å². The molecule has 6 heteroatoms. The van der Waals surface area contributed by atoms with Crippen molar-refractivity contribution in [1.29, 1.82) is 0 Å². The monoisotopic (exact) mass is 277 g/mol. The number of carboxylic acid groups (broad SMARTS) is 1. The Labute approximate surface area is 118 Å². The van der Waals surface area contributed by atoms with Gasteiger partial charge < -0.3 is 14.9 Å². The van der Waals surface area contributed by atoms with Gasteiger partial charge in [-0.1, -0.05) is 6.92 Å². The van der Waals surface area contributed by atoms with Crippen LogP contribution >= 0.6 is 0 Å². The molecular weight excluding hydrogens is 258 g/mol. The third-order valence-electron chi connectivity index (χ3n) is 3.42. The Morgan fingerprint density at radius 2 is 1.95 bits per heavy atom. The summed E-state index contributed by atoms with van der Waals surface area (Å²) >= 11 is 0. The molecule has 0 radical (unpaired) electrons. The molecule has 0 atom stereocenters. The lowest BCUT2D eigenvalue weighted by molar-refractivity contribution is -0.131. The molecule has 1 fully saturated rings. The molecule has 1 saturated heterocycles. The number of carboxylic acids is 1. The number of aromatic carboxylic acids is 1. The number of hydrogen-bond donors (Lipinski definition) is 1. The Hall–Kier alpha value is -2.11. The summed E-state index contributed by atoms with van der Waals surface area (Å²) in [5.74, 6) is -0.00189. The van der Waals surface area contributed by atoms with Gasteiger partial charge in [0.1, 0.15) is 5.82 Å². The normalized spacial score (nSPS) is 15.2. The second-order valence-electron chi connectivity index (χ2n) is 4.83. The van der Waals surface area contributed by atoms with E-state index in [0.717, 1.165) is 25.3 Å². The minimum absolute atomic E-state index is 0.186. The molecule has 6 nitrogen and oxygen atoms in total. The number of anilines is 1. The molecule has 0 bridgehead atoms. The van der Waals surface area contributed by atoms with E-state index in [-0.39, 0.29) is 11.5 Å². The van der Waals surface area contributed by atoms with Gasteiger partial charge in [0.2, 0.25) is 5.91 Å². The number of aromatic nitrogens is 1. The van der Waals surface area contributed by atoms with Crippen molar-refractivity contribution in [3.05, 3.63) is 23.9 Å². The van der Waals surface area contributed by atoms with Crippen LogP contribution in [0.3, 0.4) is 0 Å². The minimum Gasteiger partial charge on any atom is -0.478 e. The summed E-state index contributed by atoms with van der Waals surface area (Å²) in [5, 5.41) is 8.83. The Balaban J connectivity index is 1.93. The van der Waals surface area contributed by atoms with Crippen molar-refractivity contribution in [2.45, 2.75) is 19.8 Å². The molecule has 0 unspecified atom stereocenters. The average Bonchev–Trinajstić information content (AvgIpc) is 2.48. The first-order valence-electron chi connectivity index (χ1n) is 6.84. The van der Waals surface area contributed by atoms with E-state index in [1.165, 1.54) is 6.20 Å². The number of nitrogens with zero attached hydrogens (tertiary/aromatic N) is 3. The van der Waals surface area contributed by atoms with Crippen LogP contribution in [-0.4, -0.2) is 53.0 Å². The third kappa shape index (κ3) is 3.26. The average molecular weight is 277 g/mol. The van der Waals surface area contributed by atoms with Gasteiger partial charge in [-0.15, -0.1) is 0 Å². The molecule has 1 aromatic rings. The molecule has 0 aromatic carbocycles. The smallest absolute Gasteiger partial charge is 0.337 e. The molecule has 2 heterocycles. The van der Waals surface area contributed by atoms with Gasteiger partial charge in [-0.2, -0.15) is 0 Å². The van der Waals surface area contributed by atoms with Crippen LogP contribution in [0.1, 0.15) is 30.1 Å². The van der Waals surface area contributed by atoms with Gasteiger partial charge in [0.15, 0.2) is 0 Å². The molecule has 20 heavy (non-hydrogen) atoms. The van der Waals surface area contributed by atoms with Gasteiger partial charge in [0.25, 0.3) is 0 Å². The predicted octanol–water partition coefficient (Wildman–Crippen LogP) is 1.23. The first-order valence-corrected chi connectivity index (χ1v) is 6.84. The summed E-state index contributed by atoms with van der Waals surface area (Å²) in [6.07, 6.45) is 2.84. The lowest BCUT2D eigenvalue weighted by atomic mass is 10.2. The van der Waals surface area contributed by atoms with Gasteiger partial charge >= 0.3 is 5.97 Å². The van der Waals surface area contributed by atoms with Crippen molar-refractivity contribution in [3.8, 4) is 0 Å². The van der Waals surface area contributed by atoms with E-state index >= 15 is 0 Å². The molecule has 1 aliphatic rings. The maximum Gasteiger partial charge on any atom is 0.337 e. The fraction of sp³-hybridized carbons (Fsp3) is 0.500. The van der Waals surface area contributed by atoms with Gasteiger partial charge in [0.05, 0.1) is 5.56 Å². The summed E-state index contributed by atoms with van der Waals surface area (Å²) in [7, 11) is 0. The first kappa shape index (κ1) is 14.3. The number of carbonyl (C=O) groups excluding carboxylic acids is 1. The van der Waals surface area contributed by atoms with Crippen molar-refractivity contribution in [3.63, 3.8) is 0 Å². The molecule has 0 aliphatic carbocycles. The van der Waals surface area contributed by atoms with Crippen LogP contribution in [0.5, 0.6) is 0 Å². The molecule has 1 amide bonds. The fourth-order valence-electron chi connectivity index (χ4n) is 2.26. The quantitative estimate of drug-likeness (QED) is 0.896. The molecule has 0 spiro atoms. The highest BCUT2D eigenvalue weighted by Crippen LogP contribution is 2.14. The highest BCUT2D eigenvalue weighted by Gasteiger charge is 2.21. The molecule has 1 aliphatic heterocycles. The third-order valence-corrected chi connectivity index (χ3v) is 3.42. The second-order valence-corrected chi connectivity index (χ2v) is 4.83. The summed E-state index contributed by atoms with van der Waals surface area (Å²) in [6.45, 7) is 4.86. The van der Waals surface area contributed by atoms with Gasteiger partial charge in [0, 0.05) is 38.8 Å². The predicted molar refractivity (Wildman–Crippen MR) is 74.9 cm³/mol. The highest BCUT2D eigenvalue weighted by molar-refractivity contribution is 5.87. The van der Waals surface area contributed by atoms with E-state index in [2.05, 4.69) is 9.88 Å². The van der Waals surface area contributed by atoms with Crippen LogP contribution in [-0.2, 0) is 4.79 Å². The topological polar surface area (TPSA) is 73.7 Å². The van der Waals surface area contributed by atoms with Crippen LogP contribution in [0.4, 0.5) is 5.82 Å². The molecule has 1 aromatic heterocycles. The maximum atomic E-state index is 11.8. The van der Waals surface area contributed by atoms with Crippen molar-refractivity contribution in [1.82, 2.24) is 9.88 Å². The van der Waals surface area contributed by atoms with E-state index in [1.807, 2.05) is 11.8 Å². The Morgan fingerprint density at radius 3 is 2.45 bits per heavy atom. The largest absolute Gasteiger partial charge is 0.478 e. The zero-order valence-corrected chi connectivity index (χ0v) is 11.6. The van der Waals surface area contributed by atoms with Crippen LogP contribution < -0.4 is 4.90 Å². The molecular formula is C14H19N3O3. The Morgan fingerprint density at radius 1 is 1.25 bits per heavy atom. The molecule has 1 N–H and O–H groups in total. The number of amides is 1. The van der Waals surface area contributed by atoms with Crippen molar-refractivity contribution >= 4 is 17.7 Å². The number of hydrogen-bond acceptors (Lipinski definition) is 4. The van der Waals surface area contributed by atoms with Gasteiger partial charge in [-0.25, -0.2) is 9.78 Å². The second kappa shape index (κ2) is 6.36. The Kier molecular flexibility index (Phi) is 4.55. The molecule has 0 saturated carbocycles. The maximum absolute atomic E-state index is 11.8. The van der Waals surface area contributed by atoms with E-state index < -0.39 is 5.97 Å². The lowest BCUT2D eigenvalue weighted by Crippen LogP contribution is -2.49. The van der Waals surface area contributed by atoms with Crippen molar-refractivity contribution in [2.75, 3.05) is 31.1 Å². The molecule has 108 valence electrons. The summed E-state index contributed by atoms with van der Waals surface area (Å²) in [4.78, 5) is 30.7. The zero-order chi connectivity index (χ0) is 14.5. The van der Waals surface area contributed by atoms with E-state index in [1.54, 1.807) is 12.1 Å². The number of pyridine rings is 1. The Bertz CT molecular complexity index is 479. The van der Waals surface area contributed by atoms with Gasteiger partial charge in [-0.05, 0) is 18.6 Å². The standard InChI is InChI=1S/C14H19N3O3/c1-2-3-13(18)17-8-6-16(7-9-17)12-5-4-11(10-15-12)14(19)20/h4-5,10H,2-3,6-9H2,1H3,(H,19,20). The summed E-state index contributed by atoms with van der Waals surface area (Å²) < 4.78 is 0. The molecule has 2 rings (SSSR count). The highest BCUT2D eigenvalue weighted by atomic mass is 16.4. The minimum atomic E-state index is -0.973. The van der Waals surface area contributed by atoms with Crippen LogP contribution in [0, 0.1) is 0 Å². The fourth-order valence-corrected chi connectivity index (χ4v) is 2.26. The van der Waals surface area contributed by atoms with Gasteiger partial charge in [-0.3, -0.25) is 4.79 Å². The first-order chi connectivity index (χ1) is 9.61. The van der Waals surface area contributed by atoms with Crippen LogP contribution in [0.2, 0.25) is 0 Å². The van der Waals surface area contributed by atoms with E-state index in [9.17, 15) is 9.59 Å².